The summed E-state index contributed by atoms with van der Waals surface area (Å²) in [5.41, 5.74) is 1.74. The normalized spacial score (nSPS) is 17.1. The average molecular weight is 300 g/mol. The first-order chi connectivity index (χ1) is 10.1. The van der Waals surface area contributed by atoms with Gasteiger partial charge in [-0.25, -0.2) is 0 Å². The van der Waals surface area contributed by atoms with Gasteiger partial charge < -0.3 is 9.73 Å². The molecule has 2 aromatic rings. The Labute approximate surface area is 127 Å². The Morgan fingerprint density at radius 1 is 1.52 bits per heavy atom. The average Bonchev–Trinajstić information content (AvgIpc) is 3.01. The standard InChI is InChI=1S/C16H16N2O2S/c1-9-3-5-11-12(8-17)16(21-14(11)7-9)18-15(19)13-6-4-10(2)20-13/h4,6,9H,3,5,7H2,1-2H3,(H,18,19)/t9-/m0/s1. The third-order valence-electron chi connectivity index (χ3n) is 3.81. The van der Waals surface area contributed by atoms with E-state index in [4.69, 9.17) is 4.42 Å². The summed E-state index contributed by atoms with van der Waals surface area (Å²) in [7, 11) is 0. The van der Waals surface area contributed by atoms with Crippen LogP contribution in [0, 0.1) is 24.2 Å². The number of anilines is 1. The van der Waals surface area contributed by atoms with Gasteiger partial charge in [0.15, 0.2) is 5.76 Å². The summed E-state index contributed by atoms with van der Waals surface area (Å²) in [6.07, 6.45) is 3.01. The Balaban J connectivity index is 1.89. The lowest BCUT2D eigenvalue weighted by Crippen LogP contribution is -2.11. The van der Waals surface area contributed by atoms with Gasteiger partial charge in [-0.1, -0.05) is 6.92 Å². The Morgan fingerprint density at radius 2 is 2.33 bits per heavy atom. The second-order valence-corrected chi connectivity index (χ2v) is 6.64. The van der Waals surface area contributed by atoms with Crippen LogP contribution in [0.1, 0.15) is 45.7 Å². The summed E-state index contributed by atoms with van der Waals surface area (Å²) in [6.45, 7) is 4.02. The van der Waals surface area contributed by atoms with Crippen LogP contribution >= 0.6 is 11.3 Å². The number of hydrogen-bond acceptors (Lipinski definition) is 4. The minimum Gasteiger partial charge on any atom is -0.456 e. The van der Waals surface area contributed by atoms with Crippen LogP contribution in [0.5, 0.6) is 0 Å². The Morgan fingerprint density at radius 3 is 3.00 bits per heavy atom. The highest BCUT2D eigenvalue weighted by atomic mass is 32.1. The lowest BCUT2D eigenvalue weighted by atomic mass is 9.89. The third-order valence-corrected chi connectivity index (χ3v) is 4.98. The molecule has 3 rings (SSSR count). The van der Waals surface area contributed by atoms with Crippen molar-refractivity contribution in [2.24, 2.45) is 5.92 Å². The fraction of sp³-hybridized carbons (Fsp3) is 0.375. The molecule has 1 aliphatic carbocycles. The Hall–Kier alpha value is -2.06. The molecule has 0 radical (unpaired) electrons. The number of nitriles is 1. The van der Waals surface area contributed by atoms with Gasteiger partial charge in [-0.15, -0.1) is 11.3 Å². The number of carbonyl (C=O) groups is 1. The largest absolute Gasteiger partial charge is 0.456 e. The number of fused-ring (bicyclic) bond motifs is 1. The predicted molar refractivity (Wildman–Crippen MR) is 81.6 cm³/mol. The van der Waals surface area contributed by atoms with Crippen LogP contribution in [-0.2, 0) is 12.8 Å². The lowest BCUT2D eigenvalue weighted by Gasteiger charge is -2.17. The maximum absolute atomic E-state index is 12.2. The van der Waals surface area contributed by atoms with E-state index in [-0.39, 0.29) is 11.7 Å². The smallest absolute Gasteiger partial charge is 0.292 e. The first-order valence-electron chi connectivity index (χ1n) is 7.01. The highest BCUT2D eigenvalue weighted by Gasteiger charge is 2.25. The van der Waals surface area contributed by atoms with Crippen molar-refractivity contribution in [2.45, 2.75) is 33.1 Å². The molecule has 0 spiro atoms. The number of aryl methyl sites for hydroxylation is 1. The molecule has 0 fully saturated rings. The molecule has 0 unspecified atom stereocenters. The highest BCUT2D eigenvalue weighted by Crippen LogP contribution is 2.39. The molecule has 2 heterocycles. The summed E-state index contributed by atoms with van der Waals surface area (Å²) in [4.78, 5) is 13.4. The lowest BCUT2D eigenvalue weighted by molar-refractivity contribution is 0.0996. The van der Waals surface area contributed by atoms with Crippen molar-refractivity contribution in [1.82, 2.24) is 0 Å². The van der Waals surface area contributed by atoms with Crippen LogP contribution in [0.4, 0.5) is 5.00 Å². The molecule has 0 saturated heterocycles. The fourth-order valence-corrected chi connectivity index (χ4v) is 4.03. The monoisotopic (exact) mass is 300 g/mol. The molecule has 4 nitrogen and oxygen atoms in total. The van der Waals surface area contributed by atoms with Gasteiger partial charge >= 0.3 is 0 Å². The molecular weight excluding hydrogens is 284 g/mol. The minimum atomic E-state index is -0.300. The molecule has 0 aromatic carbocycles. The van der Waals surface area contributed by atoms with E-state index in [9.17, 15) is 10.1 Å². The van der Waals surface area contributed by atoms with Crippen molar-refractivity contribution in [2.75, 3.05) is 5.32 Å². The zero-order chi connectivity index (χ0) is 15.0. The molecule has 1 N–H and O–H groups in total. The van der Waals surface area contributed by atoms with Gasteiger partial charge in [-0.2, -0.15) is 5.26 Å². The molecule has 21 heavy (non-hydrogen) atoms. The van der Waals surface area contributed by atoms with E-state index in [1.165, 1.54) is 16.2 Å². The maximum atomic E-state index is 12.2. The quantitative estimate of drug-likeness (QED) is 0.914. The molecule has 0 aliphatic heterocycles. The van der Waals surface area contributed by atoms with Crippen LogP contribution in [0.25, 0.3) is 0 Å². The maximum Gasteiger partial charge on any atom is 0.292 e. The van der Waals surface area contributed by atoms with Crippen LogP contribution in [0.3, 0.4) is 0 Å². The van der Waals surface area contributed by atoms with Gasteiger partial charge in [0, 0.05) is 4.88 Å². The van der Waals surface area contributed by atoms with E-state index in [0.717, 1.165) is 24.8 Å². The van der Waals surface area contributed by atoms with Crippen molar-refractivity contribution < 1.29 is 9.21 Å². The number of hydrogen-bond donors (Lipinski definition) is 1. The Bertz CT molecular complexity index is 736. The number of rotatable bonds is 2. The van der Waals surface area contributed by atoms with Crippen molar-refractivity contribution in [1.29, 1.82) is 5.26 Å². The van der Waals surface area contributed by atoms with Gasteiger partial charge in [0.1, 0.15) is 16.8 Å². The summed E-state index contributed by atoms with van der Waals surface area (Å²) in [6, 6.07) is 5.64. The van der Waals surface area contributed by atoms with E-state index in [1.807, 2.05) is 0 Å². The van der Waals surface area contributed by atoms with E-state index < -0.39 is 0 Å². The predicted octanol–water partition coefficient (Wildman–Crippen LogP) is 3.90. The zero-order valence-corrected chi connectivity index (χ0v) is 12.8. The van der Waals surface area contributed by atoms with Crippen molar-refractivity contribution in [3.05, 3.63) is 39.7 Å². The summed E-state index contributed by atoms with van der Waals surface area (Å²) < 4.78 is 5.32. The molecule has 2 aromatic heterocycles. The van der Waals surface area contributed by atoms with E-state index in [0.29, 0.717) is 22.2 Å². The molecular formula is C16H16N2O2S. The van der Waals surface area contributed by atoms with Crippen molar-refractivity contribution >= 4 is 22.2 Å². The fourth-order valence-electron chi connectivity index (χ4n) is 2.68. The van der Waals surface area contributed by atoms with Crippen LogP contribution in [-0.4, -0.2) is 5.91 Å². The number of nitrogens with zero attached hydrogens (tertiary/aromatic N) is 1. The Kier molecular flexibility index (Phi) is 3.56. The third kappa shape index (κ3) is 2.59. The first-order valence-corrected chi connectivity index (χ1v) is 7.82. The minimum absolute atomic E-state index is 0.274. The van der Waals surface area contributed by atoms with E-state index in [2.05, 4.69) is 18.3 Å². The van der Waals surface area contributed by atoms with E-state index in [1.54, 1.807) is 19.1 Å². The molecule has 1 amide bonds. The van der Waals surface area contributed by atoms with E-state index >= 15 is 0 Å². The number of nitrogens with one attached hydrogen (secondary N) is 1. The second kappa shape index (κ2) is 5.38. The van der Waals surface area contributed by atoms with Crippen LogP contribution in [0.15, 0.2) is 16.5 Å². The van der Waals surface area contributed by atoms with Gasteiger partial charge in [0.25, 0.3) is 5.91 Å². The topological polar surface area (TPSA) is 66.0 Å². The van der Waals surface area contributed by atoms with Crippen LogP contribution in [0.2, 0.25) is 0 Å². The summed E-state index contributed by atoms with van der Waals surface area (Å²) >= 11 is 1.52. The van der Waals surface area contributed by atoms with Crippen LogP contribution < -0.4 is 5.32 Å². The van der Waals surface area contributed by atoms with Gasteiger partial charge in [0.05, 0.1) is 5.56 Å². The van der Waals surface area contributed by atoms with Crippen molar-refractivity contribution in [3.8, 4) is 6.07 Å². The molecule has 108 valence electrons. The SMILES string of the molecule is Cc1ccc(C(=O)Nc2sc3c(c2C#N)CC[C@H](C)C3)o1. The summed E-state index contributed by atoms with van der Waals surface area (Å²) in [5, 5.41) is 12.9. The zero-order valence-electron chi connectivity index (χ0n) is 12.0. The number of furan rings is 1. The van der Waals surface area contributed by atoms with Gasteiger partial charge in [-0.3, -0.25) is 4.79 Å². The van der Waals surface area contributed by atoms with Gasteiger partial charge in [-0.05, 0) is 49.8 Å². The summed E-state index contributed by atoms with van der Waals surface area (Å²) in [5.74, 6) is 1.31. The number of amides is 1. The molecule has 1 aliphatic rings. The van der Waals surface area contributed by atoms with Gasteiger partial charge in [0.2, 0.25) is 0 Å². The highest BCUT2D eigenvalue weighted by molar-refractivity contribution is 7.16. The molecule has 5 heteroatoms. The number of thiophene rings is 1. The molecule has 1 atom stereocenters. The number of carbonyl (C=O) groups excluding carboxylic acids is 1. The molecule has 0 saturated carbocycles. The molecule has 0 bridgehead atoms. The van der Waals surface area contributed by atoms with Crippen molar-refractivity contribution in [3.63, 3.8) is 0 Å². The first kappa shape index (κ1) is 13.9. The second-order valence-electron chi connectivity index (χ2n) is 5.53.